The van der Waals surface area contributed by atoms with Crippen molar-refractivity contribution in [2.45, 2.75) is 130 Å². The molecule has 3 saturated heterocycles. The minimum absolute atomic E-state index is 0.0140. The van der Waals surface area contributed by atoms with Crippen LogP contribution in [-0.2, 0) is 35.0 Å². The van der Waals surface area contributed by atoms with Gasteiger partial charge < -0.3 is 49.2 Å². The largest absolute Gasteiger partial charge is 0.496 e. The van der Waals surface area contributed by atoms with E-state index in [1.165, 1.54) is 5.69 Å². The predicted molar refractivity (Wildman–Crippen MR) is 340 cm³/mol. The predicted octanol–water partition coefficient (Wildman–Crippen LogP) is 10.0. The van der Waals surface area contributed by atoms with Crippen LogP contribution in [0, 0.1) is 27.7 Å². The SMILES string of the molecule is C=CC1(C)Cc2cc(C(=O)CCc3c(C)cc(C)[nH]c3=O)cc(-c3ccc(N4CCNCC4)cc3)c2O1.C=CC1(C)Cc2cc(C(=O)CCc3c(C)cc(C)[nH]c3=O)cc(Br)c2O1.CC1(C)OB(c2ccc(N3CCNCC3)nc2)OC1(C)C. The molecule has 0 radical (unpaired) electrons. The summed E-state index contributed by atoms with van der Waals surface area (Å²) in [7, 11) is -0.334. The molecular formula is C67H81BBrN7O8. The Balaban J connectivity index is 0.000000158. The van der Waals surface area contributed by atoms with Crippen LogP contribution in [0.25, 0.3) is 11.1 Å². The molecular weight excluding hydrogens is 1120 g/mol. The molecule has 3 aromatic carbocycles. The Morgan fingerprint density at radius 2 is 1.12 bits per heavy atom. The van der Waals surface area contributed by atoms with Crippen molar-refractivity contribution in [3.8, 4) is 22.6 Å². The molecule has 0 bridgehead atoms. The number of aryl methyl sites for hydroxylation is 4. The third-order valence-corrected chi connectivity index (χ3v) is 17.7. The number of anilines is 2. The number of hydrogen-bond acceptors (Lipinski definition) is 13. The molecule has 2 atom stereocenters. The van der Waals surface area contributed by atoms with Gasteiger partial charge in [-0.2, -0.15) is 0 Å². The molecule has 0 aliphatic carbocycles. The number of nitrogens with one attached hydrogen (secondary N) is 4. The van der Waals surface area contributed by atoms with Gasteiger partial charge in [-0.1, -0.05) is 31.4 Å². The summed E-state index contributed by atoms with van der Waals surface area (Å²) in [4.78, 5) is 65.6. The summed E-state index contributed by atoms with van der Waals surface area (Å²) in [5, 5.41) is 6.74. The van der Waals surface area contributed by atoms with Crippen LogP contribution in [0.1, 0.15) is 120 Å². The maximum atomic E-state index is 13.4. The lowest BCUT2D eigenvalue weighted by molar-refractivity contribution is 0.00578. The van der Waals surface area contributed by atoms with E-state index >= 15 is 0 Å². The number of aromatic amines is 2. The molecule has 11 rings (SSSR count). The number of ether oxygens (including phenoxy) is 2. The highest BCUT2D eigenvalue weighted by atomic mass is 79.9. The van der Waals surface area contributed by atoms with E-state index in [2.05, 4.69) is 129 Å². The Bertz CT molecular complexity index is 3550. The van der Waals surface area contributed by atoms with Crippen LogP contribution in [0.15, 0.2) is 118 Å². The topological polar surface area (TPSA) is 180 Å². The number of Topliss-reactive ketones (excluding diaryl/α,β-unsaturated/α-hetero) is 2. The lowest BCUT2D eigenvalue weighted by atomic mass is 9.80. The normalized spacial score (nSPS) is 20.1. The van der Waals surface area contributed by atoms with Gasteiger partial charge in [0.1, 0.15) is 28.5 Å². The highest BCUT2D eigenvalue weighted by Gasteiger charge is 2.52. The van der Waals surface area contributed by atoms with Crippen LogP contribution in [0.4, 0.5) is 11.5 Å². The molecule has 8 heterocycles. The van der Waals surface area contributed by atoms with Crippen LogP contribution >= 0.6 is 15.9 Å². The Kier molecular flexibility index (Phi) is 18.6. The minimum atomic E-state index is -0.508. The van der Waals surface area contributed by atoms with E-state index in [-0.39, 0.29) is 53.8 Å². The van der Waals surface area contributed by atoms with Gasteiger partial charge >= 0.3 is 7.12 Å². The average Bonchev–Trinajstić information content (AvgIpc) is 3.22. The molecule has 5 aliphatic rings. The van der Waals surface area contributed by atoms with Gasteiger partial charge in [-0.25, -0.2) is 4.98 Å². The van der Waals surface area contributed by atoms with Crippen molar-refractivity contribution >= 4 is 51.6 Å². The van der Waals surface area contributed by atoms with Gasteiger partial charge in [-0.15, -0.1) is 0 Å². The van der Waals surface area contributed by atoms with Crippen molar-refractivity contribution in [1.82, 2.24) is 25.6 Å². The quantitative estimate of drug-likeness (QED) is 0.0460. The second kappa shape index (κ2) is 25.4. The zero-order valence-electron chi connectivity index (χ0n) is 50.5. The Hall–Kier alpha value is -6.89. The fourth-order valence-electron chi connectivity index (χ4n) is 11.4. The summed E-state index contributed by atoms with van der Waals surface area (Å²) < 4.78 is 25.2. The summed E-state index contributed by atoms with van der Waals surface area (Å²) in [6.45, 7) is 35.6. The van der Waals surface area contributed by atoms with Crippen LogP contribution < -0.4 is 46.5 Å². The summed E-state index contributed by atoms with van der Waals surface area (Å²) in [5.41, 5.74) is 10.5. The molecule has 15 nitrogen and oxygen atoms in total. The first kappa shape index (κ1) is 61.7. The molecule has 3 fully saturated rings. The second-order valence-electron chi connectivity index (χ2n) is 24.3. The molecule has 0 spiro atoms. The van der Waals surface area contributed by atoms with Crippen LogP contribution in [0.5, 0.6) is 11.5 Å². The van der Waals surface area contributed by atoms with E-state index in [9.17, 15) is 19.2 Å². The number of fused-ring (bicyclic) bond motifs is 2. The number of benzene rings is 3. The molecule has 4 N–H and O–H groups in total. The van der Waals surface area contributed by atoms with Crippen LogP contribution in [0.2, 0.25) is 0 Å². The van der Waals surface area contributed by atoms with E-state index in [1.54, 1.807) is 12.1 Å². The first-order valence-electron chi connectivity index (χ1n) is 29.3. The number of nitrogens with zero attached hydrogens (tertiary/aromatic N) is 3. The lowest BCUT2D eigenvalue weighted by Gasteiger charge is -2.32. The molecule has 0 saturated carbocycles. The summed E-state index contributed by atoms with van der Waals surface area (Å²) in [6, 6.07) is 24.1. The molecule has 0 amide bonds. The molecule has 442 valence electrons. The number of pyridine rings is 3. The highest BCUT2D eigenvalue weighted by Crippen LogP contribution is 2.45. The van der Waals surface area contributed by atoms with Crippen molar-refractivity contribution in [2.75, 3.05) is 62.2 Å². The fraction of sp³-hybridized carbons (Fsp3) is 0.418. The number of piperazine rings is 2. The number of ketones is 2. The monoisotopic (exact) mass is 1200 g/mol. The van der Waals surface area contributed by atoms with Gasteiger partial charge in [0.25, 0.3) is 11.1 Å². The van der Waals surface area contributed by atoms with Crippen LogP contribution in [0.3, 0.4) is 0 Å². The van der Waals surface area contributed by atoms with Gasteiger partial charge in [0.2, 0.25) is 0 Å². The summed E-state index contributed by atoms with van der Waals surface area (Å²) in [5.74, 6) is 2.65. The average molecular weight is 1200 g/mol. The number of hydrogen-bond donors (Lipinski definition) is 4. The van der Waals surface area contributed by atoms with Crippen molar-refractivity contribution in [3.63, 3.8) is 0 Å². The molecule has 3 aromatic heterocycles. The first-order chi connectivity index (χ1) is 39.9. The van der Waals surface area contributed by atoms with E-state index < -0.39 is 11.2 Å². The maximum absolute atomic E-state index is 13.4. The summed E-state index contributed by atoms with van der Waals surface area (Å²) >= 11 is 3.51. The van der Waals surface area contributed by atoms with Crippen molar-refractivity contribution in [3.05, 3.63) is 185 Å². The molecule has 2 unspecified atom stereocenters. The smallest absolute Gasteiger partial charge is 0.482 e. The number of carbonyl (C=O) groups excluding carboxylic acids is 2. The Morgan fingerprint density at radius 1 is 0.643 bits per heavy atom. The molecule has 6 aromatic rings. The van der Waals surface area contributed by atoms with Crippen molar-refractivity contribution in [1.29, 1.82) is 0 Å². The third-order valence-electron chi connectivity index (χ3n) is 17.1. The van der Waals surface area contributed by atoms with Gasteiger partial charge in [0.05, 0.1) is 15.7 Å². The highest BCUT2D eigenvalue weighted by molar-refractivity contribution is 9.10. The number of rotatable bonds is 14. The van der Waals surface area contributed by atoms with E-state index in [0.29, 0.717) is 47.9 Å². The zero-order chi connectivity index (χ0) is 60.3. The zero-order valence-corrected chi connectivity index (χ0v) is 52.1. The number of aromatic nitrogens is 3. The van der Waals surface area contributed by atoms with Crippen molar-refractivity contribution in [2.24, 2.45) is 0 Å². The van der Waals surface area contributed by atoms with E-state index in [4.69, 9.17) is 18.8 Å². The third kappa shape index (κ3) is 13.9. The molecule has 84 heavy (non-hydrogen) atoms. The Labute approximate surface area is 503 Å². The number of H-pyrrole nitrogens is 2. The standard InChI is InChI=1S/C31H35N3O3.C21H22BrNO3.C15H24BN3O2/c1-5-31(4)19-24-17-23(28(35)11-10-26-20(2)16-21(3)33-30(26)36)18-27(29(24)37-31)22-6-8-25(9-7-22)34-14-12-32-13-15-34;1-5-21(4)11-15-9-14(10-17(22)19(15)26-21)18(24)7-6-16-12(2)8-13(3)23-20(16)25;1-14(2)15(3,4)21-16(20-14)12-5-6-13(18-11-12)19-9-7-17-8-10-19/h5-9,16-18,32H,1,10-15,19H2,2-4H3,(H,33,36);5,8-10H,1,6-7,11H2,2-4H3,(H,23,25);5-6,11,17H,7-10H2,1-4H3. The Morgan fingerprint density at radius 3 is 1.60 bits per heavy atom. The number of halogens is 1. The number of carbonyl (C=O) groups is 2. The maximum Gasteiger partial charge on any atom is 0.496 e. The van der Waals surface area contributed by atoms with E-state index in [1.807, 2.05) is 84.1 Å². The van der Waals surface area contributed by atoms with Crippen molar-refractivity contribution < 1.29 is 28.4 Å². The van der Waals surface area contributed by atoms with E-state index in [0.717, 1.165) is 124 Å². The summed E-state index contributed by atoms with van der Waals surface area (Å²) in [6.07, 6.45) is 8.23. The van der Waals surface area contributed by atoms with Gasteiger partial charge in [-0.05, 0) is 187 Å². The van der Waals surface area contributed by atoms with Gasteiger partial charge in [-0.3, -0.25) is 19.2 Å². The first-order valence-corrected chi connectivity index (χ1v) is 30.1. The molecule has 5 aliphatic heterocycles. The lowest BCUT2D eigenvalue weighted by Crippen LogP contribution is -2.44. The second-order valence-corrected chi connectivity index (χ2v) is 25.2. The van der Waals surface area contributed by atoms with Gasteiger partial charge in [0, 0.05) is 140 Å². The fourth-order valence-corrected chi connectivity index (χ4v) is 12.0. The van der Waals surface area contributed by atoms with Crippen LogP contribution in [-0.4, -0.2) is 108 Å². The minimum Gasteiger partial charge on any atom is -0.482 e. The van der Waals surface area contributed by atoms with Gasteiger partial charge in [0.15, 0.2) is 11.6 Å². The molecule has 17 heteroatoms.